The van der Waals surface area contributed by atoms with Gasteiger partial charge in [0.1, 0.15) is 5.75 Å². The Kier molecular flexibility index (Phi) is 5.69. The smallest absolute Gasteiger partial charge is 0.256 e. The Morgan fingerprint density at radius 1 is 1.10 bits per heavy atom. The number of carbonyl (C=O) groups is 1. The fraction of sp³-hybridized carbons (Fsp3) is 0.304. The number of benzene rings is 2. The molecule has 0 spiro atoms. The lowest BCUT2D eigenvalue weighted by molar-refractivity contribution is 0.0583. The summed E-state index contributed by atoms with van der Waals surface area (Å²) < 4.78 is 5.35. The molecule has 5 nitrogen and oxygen atoms in total. The average Bonchev–Trinajstić information content (AvgIpc) is 2.77. The maximum absolute atomic E-state index is 13.2. The molecule has 0 N–H and O–H groups in total. The largest absolute Gasteiger partial charge is 0.497 e. The highest BCUT2D eigenvalue weighted by Gasteiger charge is 2.27. The third kappa shape index (κ3) is 4.07. The van der Waals surface area contributed by atoms with Crippen molar-refractivity contribution in [2.75, 3.05) is 33.3 Å². The minimum absolute atomic E-state index is 0.00937. The number of nitrogens with zero attached hydrogens (tertiary/aromatic N) is 3. The van der Waals surface area contributed by atoms with Crippen LogP contribution in [0.15, 0.2) is 54.7 Å². The summed E-state index contributed by atoms with van der Waals surface area (Å²) in [6, 6.07) is 15.8. The first-order valence-corrected chi connectivity index (χ1v) is 10.2. The van der Waals surface area contributed by atoms with Crippen molar-refractivity contribution in [2.24, 2.45) is 0 Å². The predicted octanol–water partition coefficient (Wildman–Crippen LogP) is 4.42. The summed E-state index contributed by atoms with van der Waals surface area (Å²) in [5, 5.41) is 1.44. The molecule has 0 saturated carbocycles. The lowest BCUT2D eigenvalue weighted by atomic mass is 10.0. The zero-order valence-corrected chi connectivity index (χ0v) is 17.4. The van der Waals surface area contributed by atoms with E-state index in [1.54, 1.807) is 19.4 Å². The van der Waals surface area contributed by atoms with Crippen LogP contribution in [0.1, 0.15) is 28.9 Å². The molecule has 1 aromatic heterocycles. The number of hydrogen-bond acceptors (Lipinski definition) is 4. The second kappa shape index (κ2) is 8.39. The van der Waals surface area contributed by atoms with Gasteiger partial charge < -0.3 is 9.64 Å². The predicted molar refractivity (Wildman–Crippen MR) is 116 cm³/mol. The first-order valence-electron chi connectivity index (χ1n) is 9.78. The highest BCUT2D eigenvalue weighted by Crippen LogP contribution is 2.27. The van der Waals surface area contributed by atoms with Crippen molar-refractivity contribution in [1.29, 1.82) is 0 Å². The Morgan fingerprint density at radius 2 is 1.90 bits per heavy atom. The SMILES string of the molecule is COc1cccc([C@@H](C)N2CCN(C(=O)c3cc(Cl)cc4cccnc34)CC2)c1. The Morgan fingerprint density at radius 3 is 2.66 bits per heavy atom. The van der Waals surface area contributed by atoms with Crippen LogP contribution in [0.3, 0.4) is 0 Å². The second-order valence-corrected chi connectivity index (χ2v) is 7.75. The molecular weight excluding hydrogens is 386 g/mol. The number of rotatable bonds is 4. The van der Waals surface area contributed by atoms with Gasteiger partial charge in [-0.25, -0.2) is 0 Å². The lowest BCUT2D eigenvalue weighted by Gasteiger charge is -2.38. The van der Waals surface area contributed by atoms with Gasteiger partial charge in [-0.3, -0.25) is 14.7 Å². The molecule has 1 atom stereocenters. The zero-order chi connectivity index (χ0) is 20.4. The van der Waals surface area contributed by atoms with Crippen LogP contribution < -0.4 is 4.74 Å². The number of piperazine rings is 1. The summed E-state index contributed by atoms with van der Waals surface area (Å²) in [5.74, 6) is 0.855. The summed E-state index contributed by atoms with van der Waals surface area (Å²) in [5.41, 5.74) is 2.49. The van der Waals surface area contributed by atoms with E-state index in [2.05, 4.69) is 28.9 Å². The lowest BCUT2D eigenvalue weighted by Crippen LogP contribution is -2.49. The second-order valence-electron chi connectivity index (χ2n) is 7.31. The molecule has 1 aliphatic heterocycles. The van der Waals surface area contributed by atoms with E-state index in [4.69, 9.17) is 16.3 Å². The molecule has 0 radical (unpaired) electrons. The standard InChI is InChI=1S/C23H24ClN3O2/c1-16(17-5-3-7-20(14-17)29-2)26-9-11-27(12-10-26)23(28)21-15-19(24)13-18-6-4-8-25-22(18)21/h3-8,13-16H,9-12H2,1-2H3/t16-/m1/s1. The van der Waals surface area contributed by atoms with E-state index < -0.39 is 0 Å². The summed E-state index contributed by atoms with van der Waals surface area (Å²) in [6.45, 7) is 5.18. The van der Waals surface area contributed by atoms with Gasteiger partial charge in [0.15, 0.2) is 0 Å². The van der Waals surface area contributed by atoms with Crippen LogP contribution >= 0.6 is 11.6 Å². The Hall–Kier alpha value is -2.63. The Balaban J connectivity index is 1.48. The number of pyridine rings is 1. The third-order valence-corrected chi connectivity index (χ3v) is 5.84. The highest BCUT2D eigenvalue weighted by molar-refractivity contribution is 6.32. The number of hydrogen-bond donors (Lipinski definition) is 0. The summed E-state index contributed by atoms with van der Waals surface area (Å²) in [6.07, 6.45) is 1.71. The molecule has 2 aromatic carbocycles. The first kappa shape index (κ1) is 19.7. The summed E-state index contributed by atoms with van der Waals surface area (Å²) in [4.78, 5) is 21.9. The number of methoxy groups -OCH3 is 1. The summed E-state index contributed by atoms with van der Waals surface area (Å²) in [7, 11) is 1.68. The molecule has 0 bridgehead atoms. The Labute approximate surface area is 175 Å². The van der Waals surface area contributed by atoms with Gasteiger partial charge in [-0.15, -0.1) is 0 Å². The zero-order valence-electron chi connectivity index (χ0n) is 16.6. The molecule has 0 aliphatic carbocycles. The molecular formula is C23H24ClN3O2. The quantitative estimate of drug-likeness (QED) is 0.640. The first-order chi connectivity index (χ1) is 14.1. The number of amides is 1. The molecule has 29 heavy (non-hydrogen) atoms. The van der Waals surface area contributed by atoms with E-state index in [0.717, 1.165) is 24.2 Å². The number of ether oxygens (including phenoxy) is 1. The maximum atomic E-state index is 13.2. The van der Waals surface area contributed by atoms with Gasteiger partial charge in [0.25, 0.3) is 5.91 Å². The molecule has 6 heteroatoms. The molecule has 1 aliphatic rings. The van der Waals surface area contributed by atoms with Crippen molar-refractivity contribution in [3.05, 3.63) is 70.9 Å². The van der Waals surface area contributed by atoms with Crippen LogP contribution in [0, 0.1) is 0 Å². The number of fused-ring (bicyclic) bond motifs is 1. The molecule has 3 aromatic rings. The van der Waals surface area contributed by atoms with Crippen LogP contribution in [0.5, 0.6) is 5.75 Å². The molecule has 1 amide bonds. The van der Waals surface area contributed by atoms with E-state index >= 15 is 0 Å². The molecule has 1 saturated heterocycles. The minimum Gasteiger partial charge on any atom is -0.497 e. The van der Waals surface area contributed by atoms with Crippen molar-refractivity contribution in [2.45, 2.75) is 13.0 Å². The number of halogens is 1. The van der Waals surface area contributed by atoms with E-state index in [9.17, 15) is 4.79 Å². The van der Waals surface area contributed by atoms with E-state index in [-0.39, 0.29) is 11.9 Å². The molecule has 2 heterocycles. The molecule has 150 valence electrons. The van der Waals surface area contributed by atoms with Gasteiger partial charge in [0.05, 0.1) is 18.2 Å². The van der Waals surface area contributed by atoms with Crippen molar-refractivity contribution in [3.8, 4) is 5.75 Å². The van der Waals surface area contributed by atoms with Crippen molar-refractivity contribution < 1.29 is 9.53 Å². The van der Waals surface area contributed by atoms with E-state index in [0.29, 0.717) is 29.2 Å². The summed E-state index contributed by atoms with van der Waals surface area (Å²) >= 11 is 6.25. The topological polar surface area (TPSA) is 45.7 Å². The van der Waals surface area contributed by atoms with Gasteiger partial charge in [-0.1, -0.05) is 29.8 Å². The van der Waals surface area contributed by atoms with Crippen LogP contribution in [0.2, 0.25) is 5.02 Å². The van der Waals surface area contributed by atoms with Gasteiger partial charge in [-0.05, 0) is 42.8 Å². The Bertz CT molecular complexity index is 1030. The van der Waals surface area contributed by atoms with Crippen molar-refractivity contribution >= 4 is 28.4 Å². The fourth-order valence-electron chi connectivity index (χ4n) is 3.91. The maximum Gasteiger partial charge on any atom is 0.256 e. The molecule has 0 unspecified atom stereocenters. The van der Waals surface area contributed by atoms with Gasteiger partial charge in [0.2, 0.25) is 0 Å². The average molecular weight is 410 g/mol. The van der Waals surface area contributed by atoms with Crippen LogP contribution in [-0.2, 0) is 0 Å². The van der Waals surface area contributed by atoms with Gasteiger partial charge in [0, 0.05) is 48.8 Å². The fourth-order valence-corrected chi connectivity index (χ4v) is 4.14. The van der Waals surface area contributed by atoms with Crippen molar-refractivity contribution in [3.63, 3.8) is 0 Å². The molecule has 1 fully saturated rings. The van der Waals surface area contributed by atoms with Gasteiger partial charge >= 0.3 is 0 Å². The number of carbonyl (C=O) groups excluding carboxylic acids is 1. The van der Waals surface area contributed by atoms with Gasteiger partial charge in [-0.2, -0.15) is 0 Å². The third-order valence-electron chi connectivity index (χ3n) is 5.63. The van der Waals surface area contributed by atoms with Crippen LogP contribution in [0.4, 0.5) is 0 Å². The normalized spacial score (nSPS) is 16.0. The van der Waals surface area contributed by atoms with Crippen LogP contribution in [0.25, 0.3) is 10.9 Å². The minimum atomic E-state index is -0.00937. The number of aromatic nitrogens is 1. The van der Waals surface area contributed by atoms with E-state index in [1.807, 2.05) is 35.2 Å². The highest BCUT2D eigenvalue weighted by atomic mass is 35.5. The van der Waals surface area contributed by atoms with E-state index in [1.165, 1.54) is 5.56 Å². The molecule has 4 rings (SSSR count). The monoisotopic (exact) mass is 409 g/mol. The van der Waals surface area contributed by atoms with Crippen LogP contribution in [-0.4, -0.2) is 54.0 Å². The van der Waals surface area contributed by atoms with Crippen molar-refractivity contribution in [1.82, 2.24) is 14.8 Å².